The predicted octanol–water partition coefficient (Wildman–Crippen LogP) is 5.48. The number of hydrogen-bond acceptors (Lipinski definition) is 5. The van der Waals surface area contributed by atoms with E-state index in [1.807, 2.05) is 24.3 Å². The monoisotopic (exact) mass is 475 g/mol. The van der Waals surface area contributed by atoms with Gasteiger partial charge in [-0.05, 0) is 24.1 Å². The second kappa shape index (κ2) is 9.54. The van der Waals surface area contributed by atoms with Crippen LogP contribution in [0.4, 0.5) is 0 Å². The molecule has 7 nitrogen and oxygen atoms in total. The molecular formula is C18H13Cl4N3O4. The first-order chi connectivity index (χ1) is 13.9. The van der Waals surface area contributed by atoms with Crippen LogP contribution in [0.2, 0.25) is 20.1 Å². The Kier molecular flexibility index (Phi) is 7.08. The first kappa shape index (κ1) is 21.5. The second-order valence-electron chi connectivity index (χ2n) is 5.83. The van der Waals surface area contributed by atoms with Gasteiger partial charge in [0.05, 0.1) is 26.3 Å². The number of aryl methyl sites for hydroxylation is 2. The summed E-state index contributed by atoms with van der Waals surface area (Å²) in [6.45, 7) is 0.130. The number of benzene rings is 2. The van der Waals surface area contributed by atoms with Crippen molar-refractivity contribution in [2.24, 2.45) is 0 Å². The van der Waals surface area contributed by atoms with Crippen molar-refractivity contribution in [2.75, 3.05) is 0 Å². The highest BCUT2D eigenvalue weighted by Gasteiger charge is 2.15. The van der Waals surface area contributed by atoms with Gasteiger partial charge in [-0.15, -0.1) is 0 Å². The highest BCUT2D eigenvalue weighted by atomic mass is 35.5. The predicted molar refractivity (Wildman–Crippen MR) is 110 cm³/mol. The van der Waals surface area contributed by atoms with Gasteiger partial charge in [0.25, 0.3) is 0 Å². The summed E-state index contributed by atoms with van der Waals surface area (Å²) in [5.41, 5.74) is 1.47. The van der Waals surface area contributed by atoms with E-state index in [-0.39, 0.29) is 26.7 Å². The molecule has 1 aromatic heterocycles. The quantitative estimate of drug-likeness (QED) is 0.186. The molecule has 0 aliphatic rings. The lowest BCUT2D eigenvalue weighted by atomic mass is 10.1. The summed E-state index contributed by atoms with van der Waals surface area (Å²) in [4.78, 5) is 19.1. The van der Waals surface area contributed by atoms with Gasteiger partial charge in [0, 0.05) is 12.0 Å². The van der Waals surface area contributed by atoms with Gasteiger partial charge < -0.3 is 4.74 Å². The molecule has 3 aromatic rings. The molecule has 11 heteroatoms. The Morgan fingerprint density at radius 2 is 1.79 bits per heavy atom. The number of para-hydroxylation sites is 1. The molecule has 0 radical (unpaired) electrons. The van der Waals surface area contributed by atoms with Gasteiger partial charge in [-0.3, -0.25) is 0 Å². The fraction of sp³-hybridized carbons (Fsp3) is 0.167. The van der Waals surface area contributed by atoms with Crippen LogP contribution in [-0.4, -0.2) is 14.8 Å². The number of hydrogen-bond donors (Lipinski definition) is 0. The van der Waals surface area contributed by atoms with Gasteiger partial charge in [0.1, 0.15) is 18.6 Å². The molecule has 0 bridgehead atoms. The zero-order valence-electron chi connectivity index (χ0n) is 14.6. The Hall–Kier alpha value is -2.19. The molecule has 2 aromatic carbocycles. The van der Waals surface area contributed by atoms with Crippen molar-refractivity contribution in [1.29, 1.82) is 0 Å². The molecule has 0 amide bonds. The fourth-order valence-electron chi connectivity index (χ4n) is 2.62. The molecule has 0 saturated carbocycles. The smallest absolute Gasteiger partial charge is 0.225 e. The molecular weight excluding hydrogens is 464 g/mol. The third-order valence-corrected chi connectivity index (χ3v) is 5.78. The first-order valence-electron chi connectivity index (χ1n) is 8.24. The summed E-state index contributed by atoms with van der Waals surface area (Å²) in [5.74, 6) is 1.04. The van der Waals surface area contributed by atoms with Crippen molar-refractivity contribution in [3.63, 3.8) is 0 Å². The minimum atomic E-state index is -0.894. The SMILES string of the molecule is O=[N+]([O-])On1ccnc1CCc1ccccc1OCc1cc(Cl)c(Cl)c(Cl)c1Cl. The standard InChI is InChI=1S/C18H13Cl4N3O4/c19-13-9-12(16(20)18(22)17(13)21)10-28-14-4-2-1-3-11(14)5-6-15-23-7-8-24(15)29-25(26)27/h1-4,7-9H,5-6,10H2. The number of halogens is 4. The Balaban J connectivity index is 1.72. The Labute approximate surface area is 185 Å². The minimum Gasteiger partial charge on any atom is -0.489 e. The molecule has 0 spiro atoms. The maximum absolute atomic E-state index is 10.5. The lowest BCUT2D eigenvalue weighted by Crippen LogP contribution is -2.19. The average Bonchev–Trinajstić information content (AvgIpc) is 3.13. The van der Waals surface area contributed by atoms with Gasteiger partial charge >= 0.3 is 0 Å². The highest BCUT2D eigenvalue weighted by Crippen LogP contribution is 2.38. The third kappa shape index (κ3) is 5.25. The van der Waals surface area contributed by atoms with Gasteiger partial charge in [0.15, 0.2) is 5.09 Å². The molecule has 0 atom stereocenters. The van der Waals surface area contributed by atoms with Crippen molar-refractivity contribution >= 4 is 46.4 Å². The van der Waals surface area contributed by atoms with E-state index >= 15 is 0 Å². The van der Waals surface area contributed by atoms with Crippen LogP contribution in [0.15, 0.2) is 42.7 Å². The van der Waals surface area contributed by atoms with E-state index in [0.717, 1.165) is 10.3 Å². The molecule has 0 N–H and O–H groups in total. The van der Waals surface area contributed by atoms with Crippen LogP contribution >= 0.6 is 46.4 Å². The lowest BCUT2D eigenvalue weighted by molar-refractivity contribution is -0.749. The molecule has 0 saturated heterocycles. The molecule has 3 rings (SSSR count). The summed E-state index contributed by atoms with van der Waals surface area (Å²) >= 11 is 24.4. The molecule has 152 valence electrons. The molecule has 0 aliphatic carbocycles. The van der Waals surface area contributed by atoms with Crippen molar-refractivity contribution in [3.8, 4) is 5.75 Å². The molecule has 0 aliphatic heterocycles. The van der Waals surface area contributed by atoms with Crippen LogP contribution in [0, 0.1) is 10.1 Å². The summed E-state index contributed by atoms with van der Waals surface area (Å²) in [6, 6.07) is 9.00. The van der Waals surface area contributed by atoms with Crippen LogP contribution in [0.1, 0.15) is 17.0 Å². The van der Waals surface area contributed by atoms with Crippen LogP contribution in [0.3, 0.4) is 0 Å². The van der Waals surface area contributed by atoms with Crippen LogP contribution in [0.5, 0.6) is 5.75 Å². The van der Waals surface area contributed by atoms with E-state index in [1.165, 1.54) is 12.4 Å². The Morgan fingerprint density at radius 3 is 2.55 bits per heavy atom. The minimum absolute atomic E-state index is 0.130. The molecule has 1 heterocycles. The van der Waals surface area contributed by atoms with E-state index in [2.05, 4.69) is 9.92 Å². The summed E-state index contributed by atoms with van der Waals surface area (Å²) in [7, 11) is 0. The van der Waals surface area contributed by atoms with Crippen molar-refractivity contribution in [1.82, 2.24) is 9.71 Å². The highest BCUT2D eigenvalue weighted by molar-refractivity contribution is 6.51. The Morgan fingerprint density at radius 1 is 1.03 bits per heavy atom. The van der Waals surface area contributed by atoms with Gasteiger partial charge in [-0.1, -0.05) is 69.3 Å². The van der Waals surface area contributed by atoms with Gasteiger partial charge in [-0.25, -0.2) is 15.1 Å². The normalized spacial score (nSPS) is 10.8. The zero-order valence-corrected chi connectivity index (χ0v) is 17.7. The summed E-state index contributed by atoms with van der Waals surface area (Å²) in [5, 5.41) is 10.6. The van der Waals surface area contributed by atoms with E-state index in [1.54, 1.807) is 6.07 Å². The van der Waals surface area contributed by atoms with E-state index in [4.69, 9.17) is 51.1 Å². The van der Waals surface area contributed by atoms with Crippen LogP contribution in [0.25, 0.3) is 0 Å². The van der Waals surface area contributed by atoms with Gasteiger partial charge in [0.2, 0.25) is 5.82 Å². The van der Waals surface area contributed by atoms with Crippen molar-refractivity contribution < 1.29 is 14.8 Å². The number of rotatable bonds is 8. The molecule has 29 heavy (non-hydrogen) atoms. The number of nitrogens with zero attached hydrogens (tertiary/aromatic N) is 3. The molecule has 0 fully saturated rings. The molecule has 0 unspecified atom stereocenters. The first-order valence-corrected chi connectivity index (χ1v) is 9.75. The topological polar surface area (TPSA) is 79.4 Å². The van der Waals surface area contributed by atoms with Crippen LogP contribution < -0.4 is 9.68 Å². The third-order valence-electron chi connectivity index (χ3n) is 3.99. The number of imidazole rings is 1. The maximum atomic E-state index is 10.5. The maximum Gasteiger partial charge on any atom is 0.225 e. The summed E-state index contributed by atoms with van der Waals surface area (Å²) in [6.07, 6.45) is 3.72. The zero-order chi connectivity index (χ0) is 21.0. The van der Waals surface area contributed by atoms with E-state index < -0.39 is 5.09 Å². The number of aromatic nitrogens is 2. The second-order valence-corrected chi connectivity index (χ2v) is 7.37. The van der Waals surface area contributed by atoms with Gasteiger partial charge in [-0.2, -0.15) is 4.94 Å². The van der Waals surface area contributed by atoms with E-state index in [0.29, 0.717) is 30.0 Å². The Bertz CT molecular complexity index is 1040. The lowest BCUT2D eigenvalue weighted by Gasteiger charge is -2.13. The van der Waals surface area contributed by atoms with E-state index in [9.17, 15) is 10.1 Å². The van der Waals surface area contributed by atoms with Crippen molar-refractivity contribution in [3.05, 3.63) is 89.9 Å². The fourth-order valence-corrected chi connectivity index (χ4v) is 3.52. The summed E-state index contributed by atoms with van der Waals surface area (Å²) < 4.78 is 6.92. The number of ether oxygens (including phenoxy) is 1. The van der Waals surface area contributed by atoms with Crippen molar-refractivity contribution in [2.45, 2.75) is 19.4 Å². The largest absolute Gasteiger partial charge is 0.489 e. The average molecular weight is 477 g/mol. The van der Waals surface area contributed by atoms with Crippen LogP contribution in [-0.2, 0) is 19.4 Å².